The predicted octanol–water partition coefficient (Wildman–Crippen LogP) is 2.73. The normalized spacial score (nSPS) is 10.7. The number of hydrazine groups is 1. The van der Waals surface area contributed by atoms with Crippen LogP contribution in [0.1, 0.15) is 47.0 Å². The molecular formula is C23H27N5O3. The molecular weight excluding hydrogens is 394 g/mol. The van der Waals surface area contributed by atoms with Gasteiger partial charge in [0, 0.05) is 37.3 Å². The number of nitrogens with zero attached hydrogens (tertiary/aromatic N) is 3. The van der Waals surface area contributed by atoms with Crippen molar-refractivity contribution in [3.05, 3.63) is 70.1 Å². The lowest BCUT2D eigenvalue weighted by Gasteiger charge is -2.13. The molecule has 2 aromatic carbocycles. The Kier molecular flexibility index (Phi) is 7.02. The van der Waals surface area contributed by atoms with Crippen molar-refractivity contribution in [1.29, 1.82) is 0 Å². The zero-order valence-electron chi connectivity index (χ0n) is 18.0. The second-order valence-corrected chi connectivity index (χ2v) is 7.48. The third-order valence-corrected chi connectivity index (χ3v) is 4.99. The molecule has 0 saturated carbocycles. The molecule has 0 radical (unpaired) electrons. The molecule has 8 heteroatoms. The molecule has 0 saturated heterocycles. The van der Waals surface area contributed by atoms with Gasteiger partial charge < -0.3 is 4.90 Å². The van der Waals surface area contributed by atoms with Gasteiger partial charge in [0.15, 0.2) is 5.69 Å². The van der Waals surface area contributed by atoms with Crippen molar-refractivity contribution >= 4 is 28.3 Å². The van der Waals surface area contributed by atoms with Crippen LogP contribution in [-0.2, 0) is 6.54 Å². The van der Waals surface area contributed by atoms with Crippen LogP contribution < -0.4 is 21.3 Å². The highest BCUT2D eigenvalue weighted by Crippen LogP contribution is 2.14. The van der Waals surface area contributed by atoms with Crippen molar-refractivity contribution in [2.75, 3.05) is 19.0 Å². The van der Waals surface area contributed by atoms with Crippen molar-refractivity contribution < 1.29 is 9.59 Å². The Bertz CT molecular complexity index is 1140. The fourth-order valence-electron chi connectivity index (χ4n) is 3.22. The number of anilines is 1. The first kappa shape index (κ1) is 22.0. The maximum Gasteiger partial charge on any atom is 0.290 e. The van der Waals surface area contributed by atoms with Gasteiger partial charge >= 0.3 is 0 Å². The average molecular weight is 422 g/mol. The van der Waals surface area contributed by atoms with Gasteiger partial charge in [-0.25, -0.2) is 4.68 Å². The van der Waals surface area contributed by atoms with Gasteiger partial charge in [0.2, 0.25) is 0 Å². The number of aromatic nitrogens is 2. The van der Waals surface area contributed by atoms with E-state index in [1.54, 1.807) is 36.4 Å². The summed E-state index contributed by atoms with van der Waals surface area (Å²) in [6, 6.07) is 13.8. The third kappa shape index (κ3) is 5.09. The highest BCUT2D eigenvalue weighted by molar-refractivity contribution is 6.06. The Morgan fingerprint density at radius 1 is 0.935 bits per heavy atom. The Hall–Kier alpha value is -3.68. The summed E-state index contributed by atoms with van der Waals surface area (Å²) in [5.41, 5.74) is 6.07. The molecule has 2 N–H and O–H groups in total. The molecule has 0 bridgehead atoms. The fraction of sp³-hybridized carbons (Fsp3) is 0.304. The highest BCUT2D eigenvalue weighted by Gasteiger charge is 2.17. The molecule has 3 aromatic rings. The van der Waals surface area contributed by atoms with E-state index < -0.39 is 11.8 Å². The molecule has 0 fully saturated rings. The van der Waals surface area contributed by atoms with Crippen LogP contribution in [-0.4, -0.2) is 35.7 Å². The van der Waals surface area contributed by atoms with Gasteiger partial charge in [-0.1, -0.05) is 38.0 Å². The van der Waals surface area contributed by atoms with Crippen molar-refractivity contribution in [1.82, 2.24) is 20.6 Å². The summed E-state index contributed by atoms with van der Waals surface area (Å²) in [7, 11) is 3.82. The zero-order chi connectivity index (χ0) is 22.4. The number of carbonyl (C=O) groups is 2. The molecule has 2 amide bonds. The van der Waals surface area contributed by atoms with Gasteiger partial charge in [-0.05, 0) is 36.8 Å². The van der Waals surface area contributed by atoms with Crippen molar-refractivity contribution in [3.63, 3.8) is 0 Å². The molecule has 0 aliphatic heterocycles. The molecule has 0 aliphatic rings. The number of unbranched alkanes of at least 4 members (excludes halogenated alkanes) is 2. The van der Waals surface area contributed by atoms with Gasteiger partial charge in [-0.2, -0.15) is 5.10 Å². The maximum atomic E-state index is 12.8. The average Bonchev–Trinajstić information content (AvgIpc) is 2.79. The zero-order valence-corrected chi connectivity index (χ0v) is 18.0. The number of carbonyl (C=O) groups excluding carboxylic acids is 2. The summed E-state index contributed by atoms with van der Waals surface area (Å²) >= 11 is 0. The van der Waals surface area contributed by atoms with Crippen LogP contribution in [0.25, 0.3) is 10.8 Å². The standard InChI is InChI=1S/C23H27N5O3/c1-4-5-8-15-28-23(31)19-10-7-6-9-18(19)20(26-28)22(30)25-24-21(29)16-11-13-17(14-12-16)27(2)3/h6-7,9-14H,4-5,8,15H2,1-3H3,(H,24,29)(H,25,30). The number of hydrogen-bond acceptors (Lipinski definition) is 5. The van der Waals surface area contributed by atoms with Crippen LogP contribution in [0.15, 0.2) is 53.3 Å². The molecule has 3 rings (SSSR count). The van der Waals surface area contributed by atoms with E-state index in [1.165, 1.54) is 4.68 Å². The molecule has 8 nitrogen and oxygen atoms in total. The molecule has 0 aliphatic carbocycles. The van der Waals surface area contributed by atoms with E-state index in [2.05, 4.69) is 22.9 Å². The Morgan fingerprint density at radius 2 is 1.58 bits per heavy atom. The van der Waals surface area contributed by atoms with Gasteiger partial charge in [0.05, 0.1) is 5.39 Å². The van der Waals surface area contributed by atoms with Crippen LogP contribution in [0, 0.1) is 0 Å². The number of benzene rings is 2. The highest BCUT2D eigenvalue weighted by atomic mass is 16.2. The molecule has 1 aromatic heterocycles. The number of nitrogens with one attached hydrogen (secondary N) is 2. The number of hydrogen-bond donors (Lipinski definition) is 2. The first-order valence-electron chi connectivity index (χ1n) is 10.3. The topological polar surface area (TPSA) is 96.3 Å². The SMILES string of the molecule is CCCCCn1nc(C(=O)NNC(=O)c2ccc(N(C)C)cc2)c2ccccc2c1=O. The van der Waals surface area contributed by atoms with Gasteiger partial charge in [0.1, 0.15) is 0 Å². The third-order valence-electron chi connectivity index (χ3n) is 4.99. The molecule has 162 valence electrons. The minimum atomic E-state index is -0.585. The lowest BCUT2D eigenvalue weighted by atomic mass is 10.1. The quantitative estimate of drug-likeness (QED) is 0.452. The summed E-state index contributed by atoms with van der Waals surface area (Å²) in [5, 5.41) is 5.16. The van der Waals surface area contributed by atoms with Gasteiger partial charge in [-0.3, -0.25) is 25.2 Å². The van der Waals surface area contributed by atoms with E-state index >= 15 is 0 Å². The number of amides is 2. The Labute approximate surface area is 180 Å². The van der Waals surface area contributed by atoms with E-state index in [0.717, 1.165) is 24.9 Å². The largest absolute Gasteiger partial charge is 0.378 e. The smallest absolute Gasteiger partial charge is 0.290 e. The maximum absolute atomic E-state index is 12.8. The number of rotatable bonds is 7. The number of fused-ring (bicyclic) bond motifs is 1. The van der Waals surface area contributed by atoms with Gasteiger partial charge in [0.25, 0.3) is 17.4 Å². The van der Waals surface area contributed by atoms with Crippen LogP contribution in [0.4, 0.5) is 5.69 Å². The van der Waals surface area contributed by atoms with Crippen molar-refractivity contribution in [2.45, 2.75) is 32.7 Å². The summed E-state index contributed by atoms with van der Waals surface area (Å²) in [5.74, 6) is -1.03. The van der Waals surface area contributed by atoms with E-state index in [9.17, 15) is 14.4 Å². The van der Waals surface area contributed by atoms with Crippen LogP contribution >= 0.6 is 0 Å². The van der Waals surface area contributed by atoms with Crippen LogP contribution in [0.5, 0.6) is 0 Å². The number of aryl methyl sites for hydroxylation is 1. The van der Waals surface area contributed by atoms with Gasteiger partial charge in [-0.15, -0.1) is 0 Å². The minimum Gasteiger partial charge on any atom is -0.378 e. The molecule has 1 heterocycles. The molecule has 0 spiro atoms. The second kappa shape index (κ2) is 9.88. The van der Waals surface area contributed by atoms with Crippen LogP contribution in [0.2, 0.25) is 0 Å². The van der Waals surface area contributed by atoms with Crippen molar-refractivity contribution in [3.8, 4) is 0 Å². The molecule has 31 heavy (non-hydrogen) atoms. The monoisotopic (exact) mass is 421 g/mol. The molecule has 0 atom stereocenters. The summed E-state index contributed by atoms with van der Waals surface area (Å²) < 4.78 is 1.33. The summed E-state index contributed by atoms with van der Waals surface area (Å²) in [6.45, 7) is 2.51. The Balaban J connectivity index is 1.80. The molecule has 0 unspecified atom stereocenters. The van der Waals surface area contributed by atoms with E-state index in [4.69, 9.17) is 0 Å². The first-order chi connectivity index (χ1) is 14.9. The Morgan fingerprint density at radius 3 is 2.23 bits per heavy atom. The van der Waals surface area contributed by atoms with E-state index in [-0.39, 0.29) is 11.3 Å². The van der Waals surface area contributed by atoms with E-state index in [0.29, 0.717) is 22.9 Å². The van der Waals surface area contributed by atoms with Crippen LogP contribution in [0.3, 0.4) is 0 Å². The van der Waals surface area contributed by atoms with Crippen molar-refractivity contribution in [2.24, 2.45) is 0 Å². The fourth-order valence-corrected chi connectivity index (χ4v) is 3.22. The first-order valence-corrected chi connectivity index (χ1v) is 10.3. The minimum absolute atomic E-state index is 0.0926. The second-order valence-electron chi connectivity index (χ2n) is 7.48. The predicted molar refractivity (Wildman–Crippen MR) is 121 cm³/mol. The lowest BCUT2D eigenvalue weighted by molar-refractivity contribution is 0.0843. The lowest BCUT2D eigenvalue weighted by Crippen LogP contribution is -2.42. The summed E-state index contributed by atoms with van der Waals surface area (Å²) in [4.78, 5) is 39.9. The van der Waals surface area contributed by atoms with E-state index in [1.807, 2.05) is 31.1 Å². The summed E-state index contributed by atoms with van der Waals surface area (Å²) in [6.07, 6.45) is 2.77.